The van der Waals surface area contributed by atoms with E-state index in [4.69, 9.17) is 0 Å². The fourth-order valence-electron chi connectivity index (χ4n) is 2.51. The van der Waals surface area contributed by atoms with Crippen LogP contribution in [0.15, 0.2) is 36.8 Å². The van der Waals surface area contributed by atoms with Gasteiger partial charge >= 0.3 is 0 Å². The largest absolute Gasteiger partial charge is 0.388 e. The lowest BCUT2D eigenvalue weighted by Crippen LogP contribution is -2.10. The molecule has 0 saturated carbocycles. The summed E-state index contributed by atoms with van der Waals surface area (Å²) in [4.78, 5) is 7.16. The normalized spacial score (nSPS) is 23.3. The van der Waals surface area contributed by atoms with Crippen LogP contribution in [0.25, 0.3) is 0 Å². The second-order valence-corrected chi connectivity index (χ2v) is 4.37. The van der Waals surface area contributed by atoms with Crippen molar-refractivity contribution in [2.24, 2.45) is 5.92 Å². The van der Waals surface area contributed by atoms with Gasteiger partial charge in [0.1, 0.15) is 0 Å². The minimum atomic E-state index is -0.340. The molecule has 2 aromatic rings. The Morgan fingerprint density at radius 1 is 1.38 bits per heavy atom. The Labute approximate surface area is 94.2 Å². The number of nitrogens with one attached hydrogen (secondary N) is 1. The van der Waals surface area contributed by atoms with Crippen molar-refractivity contribution in [3.63, 3.8) is 0 Å². The van der Waals surface area contributed by atoms with Crippen LogP contribution in [0, 0.1) is 5.92 Å². The summed E-state index contributed by atoms with van der Waals surface area (Å²) in [5.41, 5.74) is 3.38. The summed E-state index contributed by atoms with van der Waals surface area (Å²) in [6, 6.07) is 8.13. The number of aromatic nitrogens is 2. The molecule has 0 aliphatic heterocycles. The van der Waals surface area contributed by atoms with Crippen molar-refractivity contribution in [3.8, 4) is 0 Å². The maximum Gasteiger partial charge on any atom is 0.0923 e. The lowest BCUT2D eigenvalue weighted by atomic mass is 9.98. The Bertz CT molecular complexity index is 476. The number of nitrogens with zero attached hydrogens (tertiary/aromatic N) is 1. The maximum absolute atomic E-state index is 10.2. The summed E-state index contributed by atoms with van der Waals surface area (Å²) in [7, 11) is 0. The van der Waals surface area contributed by atoms with Gasteiger partial charge in [-0.3, -0.25) is 0 Å². The Balaban J connectivity index is 1.82. The molecule has 2 unspecified atom stereocenters. The molecule has 2 atom stereocenters. The monoisotopic (exact) mass is 214 g/mol. The minimum Gasteiger partial charge on any atom is -0.388 e. The van der Waals surface area contributed by atoms with Crippen molar-refractivity contribution < 1.29 is 5.11 Å². The van der Waals surface area contributed by atoms with Gasteiger partial charge in [-0.25, -0.2) is 4.98 Å². The van der Waals surface area contributed by atoms with Crippen LogP contribution < -0.4 is 0 Å². The molecular weight excluding hydrogens is 200 g/mol. The summed E-state index contributed by atoms with van der Waals surface area (Å²) in [6.07, 6.45) is 5.02. The number of imidazole rings is 1. The third-order valence-electron chi connectivity index (χ3n) is 3.33. The molecule has 1 aliphatic carbocycles. The van der Waals surface area contributed by atoms with Crippen molar-refractivity contribution in [1.82, 2.24) is 9.97 Å². The van der Waals surface area contributed by atoms with E-state index in [9.17, 15) is 5.11 Å². The van der Waals surface area contributed by atoms with Crippen LogP contribution in [-0.4, -0.2) is 15.1 Å². The van der Waals surface area contributed by atoms with E-state index in [1.54, 1.807) is 6.33 Å². The Hall–Kier alpha value is -1.61. The van der Waals surface area contributed by atoms with Gasteiger partial charge in [-0.1, -0.05) is 24.3 Å². The van der Waals surface area contributed by atoms with E-state index in [0.29, 0.717) is 0 Å². The highest BCUT2D eigenvalue weighted by Crippen LogP contribution is 2.37. The Morgan fingerprint density at radius 2 is 2.25 bits per heavy atom. The highest BCUT2D eigenvalue weighted by atomic mass is 16.3. The van der Waals surface area contributed by atoms with Crippen molar-refractivity contribution >= 4 is 0 Å². The summed E-state index contributed by atoms with van der Waals surface area (Å²) in [5, 5.41) is 10.2. The molecule has 0 amide bonds. The van der Waals surface area contributed by atoms with Gasteiger partial charge in [0, 0.05) is 6.20 Å². The first kappa shape index (κ1) is 9.60. The van der Waals surface area contributed by atoms with Gasteiger partial charge in [0.2, 0.25) is 0 Å². The highest BCUT2D eigenvalue weighted by molar-refractivity contribution is 5.34. The fraction of sp³-hybridized carbons (Fsp3) is 0.308. The zero-order chi connectivity index (χ0) is 11.0. The predicted octanol–water partition coefficient (Wildman–Crippen LogP) is 1.86. The molecule has 3 rings (SSSR count). The standard InChI is InChI=1S/C13H14N2O/c16-13-10(6-11-7-14-8-15-11)5-9-3-1-2-4-12(9)13/h1-4,7-8,10,13,16H,5-6H2,(H,14,15). The molecule has 0 saturated heterocycles. The summed E-state index contributed by atoms with van der Waals surface area (Å²) >= 11 is 0. The van der Waals surface area contributed by atoms with Crippen molar-refractivity contribution in [2.75, 3.05) is 0 Å². The zero-order valence-corrected chi connectivity index (χ0v) is 8.93. The van der Waals surface area contributed by atoms with Crippen LogP contribution in [0.1, 0.15) is 22.9 Å². The zero-order valence-electron chi connectivity index (χ0n) is 8.93. The first-order chi connectivity index (χ1) is 7.84. The minimum absolute atomic E-state index is 0.265. The molecule has 0 fully saturated rings. The second kappa shape index (κ2) is 3.76. The van der Waals surface area contributed by atoms with E-state index in [1.165, 1.54) is 5.56 Å². The van der Waals surface area contributed by atoms with E-state index >= 15 is 0 Å². The first-order valence-electron chi connectivity index (χ1n) is 5.58. The van der Waals surface area contributed by atoms with Gasteiger partial charge in [0.15, 0.2) is 0 Å². The Kier molecular flexibility index (Phi) is 2.26. The summed E-state index contributed by atoms with van der Waals surface area (Å²) in [5.74, 6) is 0.265. The smallest absolute Gasteiger partial charge is 0.0923 e. The average molecular weight is 214 g/mol. The third kappa shape index (κ3) is 1.53. The summed E-state index contributed by atoms with van der Waals surface area (Å²) in [6.45, 7) is 0. The number of fused-ring (bicyclic) bond motifs is 1. The molecule has 1 aromatic carbocycles. The number of hydrogen-bond donors (Lipinski definition) is 2. The lowest BCUT2D eigenvalue weighted by Gasteiger charge is -2.13. The van der Waals surface area contributed by atoms with Crippen LogP contribution in [0.2, 0.25) is 0 Å². The molecule has 2 N–H and O–H groups in total. The number of aliphatic hydroxyl groups excluding tert-OH is 1. The SMILES string of the molecule is OC1c2ccccc2CC1Cc1c[nH]cn1. The Morgan fingerprint density at radius 3 is 3.00 bits per heavy atom. The summed E-state index contributed by atoms with van der Waals surface area (Å²) < 4.78 is 0. The third-order valence-corrected chi connectivity index (χ3v) is 3.33. The molecule has 0 spiro atoms. The quantitative estimate of drug-likeness (QED) is 0.801. The molecule has 1 aliphatic rings. The first-order valence-corrected chi connectivity index (χ1v) is 5.58. The molecule has 0 bridgehead atoms. The fourth-order valence-corrected chi connectivity index (χ4v) is 2.51. The molecular formula is C13H14N2O. The molecule has 82 valence electrons. The van der Waals surface area contributed by atoms with Crippen molar-refractivity contribution in [1.29, 1.82) is 0 Å². The predicted molar refractivity (Wildman–Crippen MR) is 60.9 cm³/mol. The van der Waals surface area contributed by atoms with Gasteiger partial charge in [0.05, 0.1) is 18.1 Å². The highest BCUT2D eigenvalue weighted by Gasteiger charge is 2.30. The molecule has 0 radical (unpaired) electrons. The average Bonchev–Trinajstić information content (AvgIpc) is 2.90. The number of hydrogen-bond acceptors (Lipinski definition) is 2. The van der Waals surface area contributed by atoms with E-state index in [-0.39, 0.29) is 12.0 Å². The number of aromatic amines is 1. The van der Waals surface area contributed by atoms with E-state index in [2.05, 4.69) is 16.0 Å². The van der Waals surface area contributed by atoms with E-state index < -0.39 is 0 Å². The van der Waals surface area contributed by atoms with Crippen LogP contribution in [0.5, 0.6) is 0 Å². The molecule has 1 heterocycles. The number of benzene rings is 1. The molecule has 3 heteroatoms. The van der Waals surface area contributed by atoms with Gasteiger partial charge in [-0.15, -0.1) is 0 Å². The van der Waals surface area contributed by atoms with Crippen LogP contribution in [0.3, 0.4) is 0 Å². The van der Waals surface area contributed by atoms with Gasteiger partial charge in [0.25, 0.3) is 0 Å². The number of rotatable bonds is 2. The van der Waals surface area contributed by atoms with Crippen LogP contribution in [-0.2, 0) is 12.8 Å². The maximum atomic E-state index is 10.2. The van der Waals surface area contributed by atoms with E-state index in [1.807, 2.05) is 24.4 Å². The van der Waals surface area contributed by atoms with Crippen LogP contribution >= 0.6 is 0 Å². The van der Waals surface area contributed by atoms with Crippen molar-refractivity contribution in [3.05, 3.63) is 53.6 Å². The topological polar surface area (TPSA) is 48.9 Å². The van der Waals surface area contributed by atoms with Gasteiger partial charge in [-0.05, 0) is 29.9 Å². The lowest BCUT2D eigenvalue weighted by molar-refractivity contribution is 0.123. The van der Waals surface area contributed by atoms with E-state index in [0.717, 1.165) is 24.1 Å². The number of aliphatic hydroxyl groups is 1. The second-order valence-electron chi connectivity index (χ2n) is 4.37. The molecule has 16 heavy (non-hydrogen) atoms. The van der Waals surface area contributed by atoms with Crippen molar-refractivity contribution in [2.45, 2.75) is 18.9 Å². The molecule has 3 nitrogen and oxygen atoms in total. The number of H-pyrrole nitrogens is 1. The van der Waals surface area contributed by atoms with Gasteiger partial charge in [-0.2, -0.15) is 0 Å². The van der Waals surface area contributed by atoms with Crippen LogP contribution in [0.4, 0.5) is 0 Å². The molecule has 1 aromatic heterocycles. The van der Waals surface area contributed by atoms with Gasteiger partial charge < -0.3 is 10.1 Å².